The molecule has 3 atom stereocenters. The number of carbonyl (C=O) groups excluding carboxylic acids is 2. The zero-order valence-corrected chi connectivity index (χ0v) is 51.7. The molecule has 1 N–H and O–H groups in total. The highest BCUT2D eigenvalue weighted by atomic mass is 31.2. The third kappa shape index (κ3) is 57.0. The van der Waals surface area contributed by atoms with Crippen molar-refractivity contribution < 1.29 is 37.3 Å². The Bertz CT molecular complexity index is 1340. The predicted octanol–water partition coefficient (Wildman–Crippen LogP) is 19.5. The number of nitrogens with zero attached hydrogens (tertiary/aromatic N) is 1. The van der Waals surface area contributed by atoms with Gasteiger partial charge in [0.1, 0.15) is 19.3 Å². The Morgan fingerprint density at radius 3 is 1.15 bits per heavy atom. The third-order valence-electron chi connectivity index (χ3n) is 14.9. The molecule has 75 heavy (non-hydrogen) atoms. The largest absolute Gasteiger partial charge is 0.756 e. The summed E-state index contributed by atoms with van der Waals surface area (Å²) in [5.74, 6) is -0.544. The van der Waals surface area contributed by atoms with Crippen molar-refractivity contribution in [1.82, 2.24) is 5.32 Å². The minimum Gasteiger partial charge on any atom is -0.756 e. The molecule has 0 rings (SSSR count). The number of allylic oxidation sites excluding steroid dienone is 3. The number of rotatable bonds is 60. The Balaban J connectivity index is 5.00. The number of hydrogen-bond acceptors (Lipinski definition) is 7. The van der Waals surface area contributed by atoms with E-state index in [1.807, 2.05) is 33.3 Å². The summed E-state index contributed by atoms with van der Waals surface area (Å²) >= 11 is 0. The molecule has 0 bridgehead atoms. The van der Waals surface area contributed by atoms with E-state index in [-0.39, 0.29) is 31.5 Å². The van der Waals surface area contributed by atoms with Gasteiger partial charge in [-0.25, -0.2) is 0 Å². The van der Waals surface area contributed by atoms with E-state index in [1.54, 1.807) is 0 Å². The van der Waals surface area contributed by atoms with Crippen LogP contribution in [0.1, 0.15) is 329 Å². The van der Waals surface area contributed by atoms with E-state index in [1.165, 1.54) is 225 Å². The molecule has 0 fully saturated rings. The van der Waals surface area contributed by atoms with Gasteiger partial charge in [0.15, 0.2) is 0 Å². The number of nitrogens with one attached hydrogen (secondary N) is 1. The number of quaternary nitrogens is 1. The second-order valence-electron chi connectivity index (χ2n) is 23.6. The summed E-state index contributed by atoms with van der Waals surface area (Å²) in [7, 11) is 1.19. The zero-order chi connectivity index (χ0) is 55.0. The van der Waals surface area contributed by atoms with Crippen molar-refractivity contribution in [3.63, 3.8) is 0 Å². The highest BCUT2D eigenvalue weighted by Crippen LogP contribution is 2.38. The summed E-state index contributed by atoms with van der Waals surface area (Å²) in [6.45, 7) is 6.86. The monoisotopic (exact) mass is 1080 g/mol. The molecule has 10 heteroatoms. The number of likely N-dealkylation sites (N-methyl/N-ethyl adjacent to an activating group) is 1. The van der Waals surface area contributed by atoms with Gasteiger partial charge < -0.3 is 28.5 Å². The highest BCUT2D eigenvalue weighted by molar-refractivity contribution is 7.45. The third-order valence-corrected chi connectivity index (χ3v) is 15.8. The topological polar surface area (TPSA) is 114 Å². The molecule has 0 aromatic rings. The average Bonchev–Trinajstić information content (AvgIpc) is 3.37. The molecule has 0 aliphatic heterocycles. The van der Waals surface area contributed by atoms with Gasteiger partial charge in [-0.3, -0.25) is 14.2 Å². The Labute approximate surface area is 466 Å². The van der Waals surface area contributed by atoms with Crippen molar-refractivity contribution in [3.8, 4) is 0 Å². The standard InChI is InChI=1S/C65H127N2O7P/c1-7-10-13-16-19-22-25-27-28-29-30-31-32-33-34-35-36-37-38-40-42-45-48-51-54-57-64(68)66-62(61-73-75(70,71)72-60-59-67(4,5)6)63(56-53-50-47-44-41-24-21-18-15-12-9-3)74-65(69)58-55-52-49-46-43-39-26-23-20-17-14-11-8-2/h39,43,53,56,62-63H,7-38,40-42,44-52,54-55,57-61H2,1-6H3,(H-,66,68,70,71)/b43-39-,56-53-. The molecule has 0 aliphatic rings. The van der Waals surface area contributed by atoms with Crippen molar-refractivity contribution in [1.29, 1.82) is 0 Å². The number of carbonyl (C=O) groups is 2. The molecule has 0 saturated carbocycles. The van der Waals surface area contributed by atoms with Gasteiger partial charge in [0.25, 0.3) is 7.82 Å². The normalized spacial score (nSPS) is 13.7. The number of phosphoric ester groups is 1. The molecule has 0 heterocycles. The van der Waals surface area contributed by atoms with E-state index in [4.69, 9.17) is 13.8 Å². The Morgan fingerprint density at radius 1 is 0.453 bits per heavy atom. The molecule has 0 aliphatic carbocycles. The van der Waals surface area contributed by atoms with Crippen LogP contribution < -0.4 is 10.2 Å². The van der Waals surface area contributed by atoms with Crippen LogP contribution in [0.25, 0.3) is 0 Å². The van der Waals surface area contributed by atoms with E-state index in [0.29, 0.717) is 23.9 Å². The fourth-order valence-electron chi connectivity index (χ4n) is 9.81. The minimum absolute atomic E-state index is 0.0210. The lowest BCUT2D eigenvalue weighted by atomic mass is 10.0. The summed E-state index contributed by atoms with van der Waals surface area (Å²) in [5, 5.41) is 3.03. The van der Waals surface area contributed by atoms with Gasteiger partial charge in [-0.15, -0.1) is 0 Å². The molecule has 0 saturated heterocycles. The molecule has 0 aromatic heterocycles. The molecule has 3 unspecified atom stereocenters. The summed E-state index contributed by atoms with van der Waals surface area (Å²) in [5.41, 5.74) is 0. The maximum absolute atomic E-state index is 13.5. The maximum atomic E-state index is 13.5. The number of unbranched alkanes of at least 4 members (excludes halogenated alkanes) is 42. The lowest BCUT2D eigenvalue weighted by Gasteiger charge is -2.30. The predicted molar refractivity (Wildman–Crippen MR) is 321 cm³/mol. The second kappa shape index (κ2) is 55.8. The summed E-state index contributed by atoms with van der Waals surface area (Å²) in [6, 6.07) is -0.888. The number of amides is 1. The fraction of sp³-hybridized carbons (Fsp3) is 0.908. The number of phosphoric acid groups is 1. The molecule has 1 amide bonds. The minimum atomic E-state index is -4.69. The second-order valence-corrected chi connectivity index (χ2v) is 25.0. The van der Waals surface area contributed by atoms with Gasteiger partial charge in [-0.1, -0.05) is 283 Å². The first-order valence-electron chi connectivity index (χ1n) is 32.6. The summed E-state index contributed by atoms with van der Waals surface area (Å²) in [6.07, 6.45) is 65.9. The van der Waals surface area contributed by atoms with E-state index < -0.39 is 20.0 Å². The fourth-order valence-corrected chi connectivity index (χ4v) is 10.5. The SMILES string of the molecule is CCCCCCCC/C=C\CCCCCC(=O)OC(/C=C\CCCCCCCCCCC)C(COP(=O)([O-])OCC[N+](C)(C)C)NC(=O)CCCCCCCCCCCCCCCCCCCCCCCCCCC. The van der Waals surface area contributed by atoms with E-state index in [0.717, 1.165) is 64.2 Å². The van der Waals surface area contributed by atoms with Crippen LogP contribution in [-0.2, 0) is 27.9 Å². The van der Waals surface area contributed by atoms with Gasteiger partial charge in [0.05, 0.1) is 33.8 Å². The van der Waals surface area contributed by atoms with Gasteiger partial charge in [-0.05, 0) is 57.4 Å². The van der Waals surface area contributed by atoms with Crippen molar-refractivity contribution in [2.75, 3.05) is 40.9 Å². The average molecular weight is 1080 g/mol. The molecule has 0 spiro atoms. The lowest BCUT2D eigenvalue weighted by molar-refractivity contribution is -0.870. The number of esters is 1. The van der Waals surface area contributed by atoms with Crippen LogP contribution >= 0.6 is 7.82 Å². The van der Waals surface area contributed by atoms with Crippen LogP contribution in [0.2, 0.25) is 0 Å². The van der Waals surface area contributed by atoms with E-state index >= 15 is 0 Å². The smallest absolute Gasteiger partial charge is 0.306 e. The first-order valence-corrected chi connectivity index (χ1v) is 34.1. The first-order chi connectivity index (χ1) is 36.4. The van der Waals surface area contributed by atoms with Crippen LogP contribution in [0.5, 0.6) is 0 Å². The Hall–Kier alpha value is -1.51. The molecule has 0 radical (unpaired) electrons. The maximum Gasteiger partial charge on any atom is 0.306 e. The van der Waals surface area contributed by atoms with Gasteiger partial charge in [0.2, 0.25) is 5.91 Å². The molecular weight excluding hydrogens is 952 g/mol. The van der Waals surface area contributed by atoms with Crippen LogP contribution in [-0.4, -0.2) is 69.4 Å². The Kier molecular flexibility index (Phi) is 54.7. The van der Waals surface area contributed by atoms with E-state index in [2.05, 4.69) is 38.2 Å². The first kappa shape index (κ1) is 73.5. The van der Waals surface area contributed by atoms with Crippen molar-refractivity contribution in [2.45, 2.75) is 341 Å². The molecule has 0 aromatic carbocycles. The van der Waals surface area contributed by atoms with E-state index in [9.17, 15) is 19.0 Å². The van der Waals surface area contributed by atoms with Crippen LogP contribution in [0.4, 0.5) is 0 Å². The number of ether oxygens (including phenoxy) is 1. The zero-order valence-electron chi connectivity index (χ0n) is 50.8. The van der Waals surface area contributed by atoms with Crippen LogP contribution in [0.3, 0.4) is 0 Å². The molecule has 9 nitrogen and oxygen atoms in total. The highest BCUT2D eigenvalue weighted by Gasteiger charge is 2.27. The lowest BCUT2D eigenvalue weighted by Crippen LogP contribution is -2.47. The molecule has 444 valence electrons. The van der Waals surface area contributed by atoms with Crippen LogP contribution in [0, 0.1) is 0 Å². The van der Waals surface area contributed by atoms with Gasteiger partial charge >= 0.3 is 5.97 Å². The van der Waals surface area contributed by atoms with Crippen LogP contribution in [0.15, 0.2) is 24.3 Å². The van der Waals surface area contributed by atoms with Crippen molar-refractivity contribution in [2.24, 2.45) is 0 Å². The number of hydrogen-bond donors (Lipinski definition) is 1. The summed E-state index contributed by atoms with van der Waals surface area (Å²) < 4.78 is 30.3. The summed E-state index contributed by atoms with van der Waals surface area (Å²) in [4.78, 5) is 39.9. The van der Waals surface area contributed by atoms with Gasteiger partial charge in [-0.2, -0.15) is 0 Å². The Morgan fingerprint density at radius 2 is 0.773 bits per heavy atom. The van der Waals surface area contributed by atoms with Crippen molar-refractivity contribution >= 4 is 19.7 Å². The van der Waals surface area contributed by atoms with Gasteiger partial charge in [0, 0.05) is 12.8 Å². The van der Waals surface area contributed by atoms with Crippen molar-refractivity contribution in [3.05, 3.63) is 24.3 Å². The quantitative estimate of drug-likeness (QED) is 0.0212. The molecular formula is C65H127N2O7P.